The lowest BCUT2D eigenvalue weighted by Crippen LogP contribution is -2.15. The Labute approximate surface area is 132 Å². The van der Waals surface area contributed by atoms with Gasteiger partial charge in [-0.2, -0.15) is 0 Å². The zero-order chi connectivity index (χ0) is 16.5. The summed E-state index contributed by atoms with van der Waals surface area (Å²) in [6, 6.07) is 13.3. The number of aliphatic hydroxyl groups is 1. The Hall–Kier alpha value is -1.67. The van der Waals surface area contributed by atoms with Crippen molar-refractivity contribution in [2.75, 3.05) is 0 Å². The van der Waals surface area contributed by atoms with E-state index < -0.39 is 5.60 Å². The predicted octanol–water partition coefficient (Wildman–Crippen LogP) is 4.94. The quantitative estimate of drug-likeness (QED) is 0.851. The summed E-state index contributed by atoms with van der Waals surface area (Å²) >= 11 is 0. The Bertz CT molecular complexity index is 643. The maximum Gasteiger partial charge on any atom is 0.127 e. The molecule has 0 fully saturated rings. The molecule has 0 saturated carbocycles. The highest BCUT2D eigenvalue weighted by molar-refractivity contribution is 5.34. The highest BCUT2D eigenvalue weighted by atomic mass is 19.1. The average Bonchev–Trinajstić information content (AvgIpc) is 2.36. The minimum absolute atomic E-state index is 0.141. The molecule has 0 heterocycles. The van der Waals surface area contributed by atoms with E-state index in [-0.39, 0.29) is 11.2 Å². The summed E-state index contributed by atoms with van der Waals surface area (Å²) in [5.74, 6) is -0.141. The highest BCUT2D eigenvalue weighted by Crippen LogP contribution is 2.26. The minimum Gasteiger partial charge on any atom is -0.386 e. The molecule has 1 N–H and O–H groups in total. The van der Waals surface area contributed by atoms with Crippen LogP contribution in [0.3, 0.4) is 0 Å². The fourth-order valence-corrected chi connectivity index (χ4v) is 2.54. The lowest BCUT2D eigenvalue weighted by molar-refractivity contribution is 0.0786. The molecule has 2 rings (SSSR count). The van der Waals surface area contributed by atoms with Gasteiger partial charge in [-0.3, -0.25) is 0 Å². The molecule has 2 aromatic carbocycles. The van der Waals surface area contributed by atoms with E-state index in [9.17, 15) is 9.50 Å². The Morgan fingerprint density at radius 3 is 1.86 bits per heavy atom. The zero-order valence-corrected chi connectivity index (χ0v) is 14.1. The van der Waals surface area contributed by atoms with E-state index in [0.29, 0.717) is 6.42 Å². The van der Waals surface area contributed by atoms with Gasteiger partial charge in [0.05, 0.1) is 5.60 Å². The Balaban J connectivity index is 2.19. The molecule has 0 aliphatic heterocycles. The second kappa shape index (κ2) is 5.85. The van der Waals surface area contributed by atoms with Gasteiger partial charge in [0.2, 0.25) is 0 Å². The summed E-state index contributed by atoms with van der Waals surface area (Å²) in [5.41, 5.74) is 2.67. The van der Waals surface area contributed by atoms with Crippen LogP contribution in [-0.4, -0.2) is 5.11 Å². The fourth-order valence-electron chi connectivity index (χ4n) is 2.54. The van der Waals surface area contributed by atoms with Crippen LogP contribution in [0.2, 0.25) is 0 Å². The molecule has 0 aliphatic carbocycles. The summed E-state index contributed by atoms with van der Waals surface area (Å²) in [6.07, 6.45) is 0.688. The van der Waals surface area contributed by atoms with Crippen LogP contribution in [0, 0.1) is 5.82 Å². The van der Waals surface area contributed by atoms with Crippen molar-refractivity contribution in [3.63, 3.8) is 0 Å². The van der Waals surface area contributed by atoms with E-state index in [2.05, 4.69) is 0 Å². The van der Waals surface area contributed by atoms with Gasteiger partial charge < -0.3 is 5.11 Å². The molecule has 22 heavy (non-hydrogen) atoms. The molecule has 2 heteroatoms. The summed E-state index contributed by atoms with van der Waals surface area (Å²) in [7, 11) is 0. The van der Waals surface area contributed by atoms with Gasteiger partial charge >= 0.3 is 0 Å². The summed E-state index contributed by atoms with van der Waals surface area (Å²) in [6.45, 7) is 9.58. The number of rotatable bonds is 3. The van der Waals surface area contributed by atoms with Gasteiger partial charge in [0.1, 0.15) is 5.82 Å². The number of hydrogen-bond donors (Lipinski definition) is 1. The third-order valence-corrected chi connectivity index (χ3v) is 3.91. The molecule has 0 radical (unpaired) electrons. The van der Waals surface area contributed by atoms with Gasteiger partial charge in [0.15, 0.2) is 0 Å². The third-order valence-electron chi connectivity index (χ3n) is 3.91. The molecule has 0 aromatic heterocycles. The van der Waals surface area contributed by atoms with E-state index >= 15 is 0 Å². The second-order valence-corrected chi connectivity index (χ2v) is 7.50. The van der Waals surface area contributed by atoms with Gasteiger partial charge in [-0.25, -0.2) is 4.39 Å². The molecule has 0 bridgehead atoms. The van der Waals surface area contributed by atoms with Crippen molar-refractivity contribution in [2.45, 2.75) is 52.1 Å². The minimum atomic E-state index is -0.834. The van der Waals surface area contributed by atoms with E-state index in [1.807, 2.05) is 57.2 Å². The first kappa shape index (κ1) is 16.7. The average molecular weight is 300 g/mol. The molecule has 0 saturated heterocycles. The molecule has 0 spiro atoms. The molecular weight excluding hydrogens is 275 g/mol. The topological polar surface area (TPSA) is 20.2 Å². The van der Waals surface area contributed by atoms with Crippen LogP contribution in [0.5, 0.6) is 0 Å². The van der Waals surface area contributed by atoms with E-state index in [1.165, 1.54) is 0 Å². The molecule has 118 valence electrons. The monoisotopic (exact) mass is 300 g/mol. The maximum atomic E-state index is 14.2. The number of halogens is 1. The van der Waals surface area contributed by atoms with Crippen molar-refractivity contribution in [2.24, 2.45) is 0 Å². The van der Waals surface area contributed by atoms with Crippen LogP contribution in [0.25, 0.3) is 0 Å². The van der Waals surface area contributed by atoms with Crippen molar-refractivity contribution in [3.05, 3.63) is 70.5 Å². The van der Waals surface area contributed by atoms with Gasteiger partial charge in [-0.05, 0) is 54.0 Å². The van der Waals surface area contributed by atoms with Crippen LogP contribution < -0.4 is 0 Å². The molecule has 2 aromatic rings. The van der Waals surface area contributed by atoms with Gasteiger partial charge in [0.25, 0.3) is 0 Å². The summed E-state index contributed by atoms with van der Waals surface area (Å²) in [5, 5.41) is 9.96. The molecule has 0 atom stereocenters. The summed E-state index contributed by atoms with van der Waals surface area (Å²) in [4.78, 5) is 0. The smallest absolute Gasteiger partial charge is 0.127 e. The molecular formula is C20H25FO. The van der Waals surface area contributed by atoms with Gasteiger partial charge in [0, 0.05) is 0 Å². The summed E-state index contributed by atoms with van der Waals surface area (Å²) < 4.78 is 14.2. The van der Waals surface area contributed by atoms with E-state index in [0.717, 1.165) is 22.3 Å². The van der Waals surface area contributed by atoms with Crippen LogP contribution >= 0.6 is 0 Å². The van der Waals surface area contributed by atoms with Gasteiger partial charge in [-0.15, -0.1) is 0 Å². The van der Waals surface area contributed by atoms with Crippen molar-refractivity contribution in [1.29, 1.82) is 0 Å². The van der Waals surface area contributed by atoms with Crippen LogP contribution in [0.4, 0.5) is 4.39 Å². The molecule has 0 amide bonds. The molecule has 1 nitrogen and oxygen atoms in total. The van der Waals surface area contributed by atoms with Crippen molar-refractivity contribution >= 4 is 0 Å². The zero-order valence-electron chi connectivity index (χ0n) is 14.1. The Morgan fingerprint density at radius 2 is 1.41 bits per heavy atom. The van der Waals surface area contributed by atoms with Crippen molar-refractivity contribution < 1.29 is 9.50 Å². The SMILES string of the molecule is CC(C)(C)c1ccc(Cc2ccc(C(C)(C)O)cc2)cc1F. The largest absolute Gasteiger partial charge is 0.386 e. The molecule has 0 unspecified atom stereocenters. The Morgan fingerprint density at radius 1 is 0.864 bits per heavy atom. The van der Waals surface area contributed by atoms with Crippen LogP contribution in [-0.2, 0) is 17.4 Å². The lowest BCUT2D eigenvalue weighted by atomic mass is 9.85. The maximum absolute atomic E-state index is 14.2. The van der Waals surface area contributed by atoms with E-state index in [4.69, 9.17) is 0 Å². The third kappa shape index (κ3) is 3.95. The fraction of sp³-hybridized carbons (Fsp3) is 0.400. The van der Waals surface area contributed by atoms with Crippen LogP contribution in [0.15, 0.2) is 42.5 Å². The predicted molar refractivity (Wildman–Crippen MR) is 89.6 cm³/mol. The number of hydrogen-bond acceptors (Lipinski definition) is 1. The first-order chi connectivity index (χ1) is 10.1. The van der Waals surface area contributed by atoms with Crippen molar-refractivity contribution in [3.8, 4) is 0 Å². The normalized spacial score (nSPS) is 12.5. The standard InChI is InChI=1S/C20H25FO/c1-19(2,3)17-11-8-15(13-18(17)21)12-14-6-9-16(10-7-14)20(4,5)22/h6-11,13,22H,12H2,1-5H3. The van der Waals surface area contributed by atoms with Crippen molar-refractivity contribution in [1.82, 2.24) is 0 Å². The lowest BCUT2D eigenvalue weighted by Gasteiger charge is -2.20. The number of benzene rings is 2. The highest BCUT2D eigenvalue weighted by Gasteiger charge is 2.18. The first-order valence-electron chi connectivity index (χ1n) is 7.68. The first-order valence-corrected chi connectivity index (χ1v) is 7.68. The molecule has 0 aliphatic rings. The Kier molecular flexibility index (Phi) is 4.44. The van der Waals surface area contributed by atoms with E-state index in [1.54, 1.807) is 19.9 Å². The van der Waals surface area contributed by atoms with Crippen LogP contribution in [0.1, 0.15) is 56.9 Å². The van der Waals surface area contributed by atoms with Gasteiger partial charge in [-0.1, -0.05) is 57.2 Å². The second-order valence-electron chi connectivity index (χ2n) is 7.50.